The van der Waals surface area contributed by atoms with Gasteiger partial charge in [0.2, 0.25) is 5.91 Å². The van der Waals surface area contributed by atoms with Crippen LogP contribution in [0.1, 0.15) is 60.4 Å². The van der Waals surface area contributed by atoms with Crippen LogP contribution in [0.3, 0.4) is 0 Å². The Morgan fingerprint density at radius 3 is 2.45 bits per heavy atom. The molecule has 0 aliphatic carbocycles. The lowest BCUT2D eigenvalue weighted by Gasteiger charge is -2.22. The van der Waals surface area contributed by atoms with Gasteiger partial charge in [-0.25, -0.2) is 4.98 Å². The molecule has 2 heterocycles. The van der Waals surface area contributed by atoms with Crippen LogP contribution in [0.5, 0.6) is 0 Å². The number of imidazole rings is 1. The van der Waals surface area contributed by atoms with E-state index in [4.69, 9.17) is 4.98 Å². The fourth-order valence-corrected chi connectivity index (χ4v) is 4.53. The molecule has 1 unspecified atom stereocenters. The van der Waals surface area contributed by atoms with Gasteiger partial charge in [-0.1, -0.05) is 75.4 Å². The molecule has 3 aromatic rings. The van der Waals surface area contributed by atoms with Crippen molar-refractivity contribution < 1.29 is 14.7 Å². The lowest BCUT2D eigenvalue weighted by atomic mass is 9.97. The van der Waals surface area contributed by atoms with Crippen molar-refractivity contribution in [2.45, 2.75) is 46.1 Å². The van der Waals surface area contributed by atoms with Crippen LogP contribution in [-0.4, -0.2) is 44.5 Å². The molecule has 1 aliphatic rings. The van der Waals surface area contributed by atoms with Crippen molar-refractivity contribution in [2.75, 3.05) is 13.2 Å². The van der Waals surface area contributed by atoms with Gasteiger partial charge in [0, 0.05) is 37.6 Å². The fraction of sp³-hybridized carbons (Fsp3) is 0.370. The normalized spacial score (nSPS) is 16.3. The van der Waals surface area contributed by atoms with Gasteiger partial charge in [0.05, 0.1) is 5.69 Å². The zero-order valence-corrected chi connectivity index (χ0v) is 19.5. The molecule has 0 spiro atoms. The smallest absolute Gasteiger partial charge is 0.279 e. The van der Waals surface area contributed by atoms with Crippen LogP contribution >= 0.6 is 0 Å². The minimum Gasteiger partial charge on any atom is -0.396 e. The third-order valence-corrected chi connectivity index (χ3v) is 6.22. The van der Waals surface area contributed by atoms with Gasteiger partial charge < -0.3 is 9.67 Å². The number of carbonyl (C=O) groups is 2. The Kier molecular flexibility index (Phi) is 6.75. The maximum absolute atomic E-state index is 13.7. The molecule has 172 valence electrons. The number of aromatic nitrogens is 2. The molecule has 0 radical (unpaired) electrons. The number of fused-ring (bicyclic) bond motifs is 1. The van der Waals surface area contributed by atoms with Gasteiger partial charge in [0.25, 0.3) is 5.91 Å². The first-order valence-corrected chi connectivity index (χ1v) is 11.6. The summed E-state index contributed by atoms with van der Waals surface area (Å²) in [6.07, 6.45) is 0.767. The molecule has 0 saturated heterocycles. The molecule has 6 heteroatoms. The van der Waals surface area contributed by atoms with Crippen molar-refractivity contribution in [1.29, 1.82) is 0 Å². The molecule has 0 bridgehead atoms. The largest absolute Gasteiger partial charge is 0.396 e. The van der Waals surface area contributed by atoms with E-state index in [0.29, 0.717) is 36.7 Å². The number of carbonyl (C=O) groups excluding carboxylic acids is 2. The molecule has 1 aromatic heterocycles. The number of aliphatic hydroxyl groups is 1. The Labute approximate surface area is 194 Å². The Morgan fingerprint density at radius 2 is 1.76 bits per heavy atom. The van der Waals surface area contributed by atoms with E-state index in [0.717, 1.165) is 17.0 Å². The van der Waals surface area contributed by atoms with Gasteiger partial charge >= 0.3 is 0 Å². The minimum absolute atomic E-state index is 0.0748. The van der Waals surface area contributed by atoms with Crippen molar-refractivity contribution in [1.82, 2.24) is 14.5 Å². The monoisotopic (exact) mass is 445 g/mol. The van der Waals surface area contributed by atoms with Crippen LogP contribution in [0.25, 0.3) is 11.4 Å². The van der Waals surface area contributed by atoms with E-state index in [1.165, 1.54) is 10.5 Å². The van der Waals surface area contributed by atoms with Crippen LogP contribution in [0, 0.1) is 5.92 Å². The summed E-state index contributed by atoms with van der Waals surface area (Å²) in [5.74, 6) is 0.152. The van der Waals surface area contributed by atoms with E-state index in [-0.39, 0.29) is 30.9 Å². The second-order valence-corrected chi connectivity index (χ2v) is 9.02. The van der Waals surface area contributed by atoms with Gasteiger partial charge in [0.15, 0.2) is 0 Å². The summed E-state index contributed by atoms with van der Waals surface area (Å²) < 4.78 is 1.98. The molecule has 2 amide bonds. The molecule has 2 aromatic carbocycles. The highest BCUT2D eigenvalue weighted by atomic mass is 16.3. The third kappa shape index (κ3) is 4.48. The van der Waals surface area contributed by atoms with E-state index >= 15 is 0 Å². The van der Waals surface area contributed by atoms with Gasteiger partial charge in [-0.3, -0.25) is 14.5 Å². The number of benzene rings is 2. The van der Waals surface area contributed by atoms with Crippen LogP contribution in [0.15, 0.2) is 54.6 Å². The van der Waals surface area contributed by atoms with E-state index in [2.05, 4.69) is 26.0 Å². The highest BCUT2D eigenvalue weighted by Gasteiger charge is 2.37. The number of hydrogen-bond acceptors (Lipinski definition) is 4. The Morgan fingerprint density at radius 1 is 1.06 bits per heavy atom. The SMILES string of the molecule is CC1Cc2nc(-c3ccccc3C(C)C)n(Cc3ccccc3)c2C(=O)N(CCCO)C1=O. The lowest BCUT2D eigenvalue weighted by molar-refractivity contribution is -0.132. The van der Waals surface area contributed by atoms with E-state index in [1.54, 1.807) is 0 Å². The first kappa shape index (κ1) is 22.9. The standard InChI is InChI=1S/C27H31N3O3/c1-18(2)21-12-7-8-13-22(21)25-28-23-16-19(3)26(32)29(14-9-15-31)27(33)24(23)30(25)17-20-10-5-4-6-11-20/h4-8,10-13,18-19,31H,9,14-17H2,1-3H3. The first-order chi connectivity index (χ1) is 15.9. The summed E-state index contributed by atoms with van der Waals surface area (Å²) in [6, 6.07) is 18.2. The number of nitrogens with zero attached hydrogens (tertiary/aromatic N) is 3. The molecule has 6 nitrogen and oxygen atoms in total. The van der Waals surface area contributed by atoms with Gasteiger partial charge in [-0.05, 0) is 23.5 Å². The second-order valence-electron chi connectivity index (χ2n) is 9.02. The molecule has 1 aliphatic heterocycles. The first-order valence-electron chi connectivity index (χ1n) is 11.6. The molecule has 1 atom stereocenters. The van der Waals surface area contributed by atoms with Crippen molar-refractivity contribution in [3.05, 3.63) is 77.1 Å². The number of amides is 2. The number of hydrogen-bond donors (Lipinski definition) is 1. The summed E-state index contributed by atoms with van der Waals surface area (Å²) in [4.78, 5) is 33.0. The molecule has 33 heavy (non-hydrogen) atoms. The average Bonchev–Trinajstić information content (AvgIpc) is 3.12. The quantitative estimate of drug-likeness (QED) is 0.551. The minimum atomic E-state index is -0.359. The molecule has 0 fully saturated rings. The molecule has 4 rings (SSSR count). The zero-order chi connectivity index (χ0) is 23.5. The van der Waals surface area contributed by atoms with Crippen molar-refractivity contribution in [3.63, 3.8) is 0 Å². The van der Waals surface area contributed by atoms with E-state index in [9.17, 15) is 14.7 Å². The second kappa shape index (κ2) is 9.71. The highest BCUT2D eigenvalue weighted by molar-refractivity contribution is 6.06. The fourth-order valence-electron chi connectivity index (χ4n) is 4.53. The predicted octanol–water partition coefficient (Wildman–Crippen LogP) is 4.27. The van der Waals surface area contributed by atoms with Crippen molar-refractivity contribution in [2.24, 2.45) is 5.92 Å². The van der Waals surface area contributed by atoms with Gasteiger partial charge in [-0.15, -0.1) is 0 Å². The third-order valence-electron chi connectivity index (χ3n) is 6.22. The van der Waals surface area contributed by atoms with E-state index < -0.39 is 0 Å². The molecule has 1 N–H and O–H groups in total. The summed E-state index contributed by atoms with van der Waals surface area (Å²) >= 11 is 0. The average molecular weight is 446 g/mol. The maximum atomic E-state index is 13.7. The van der Waals surface area contributed by atoms with Gasteiger partial charge in [0.1, 0.15) is 11.5 Å². The van der Waals surface area contributed by atoms with Crippen molar-refractivity contribution in [3.8, 4) is 11.4 Å². The number of rotatable bonds is 7. The van der Waals surface area contributed by atoms with Crippen LogP contribution in [-0.2, 0) is 17.8 Å². The van der Waals surface area contributed by atoms with Gasteiger partial charge in [-0.2, -0.15) is 0 Å². The molecular formula is C27H31N3O3. The summed E-state index contributed by atoms with van der Waals surface area (Å²) in [7, 11) is 0. The summed E-state index contributed by atoms with van der Waals surface area (Å²) in [6.45, 7) is 6.75. The lowest BCUT2D eigenvalue weighted by Crippen LogP contribution is -2.40. The predicted molar refractivity (Wildman–Crippen MR) is 128 cm³/mol. The molecular weight excluding hydrogens is 414 g/mol. The van der Waals surface area contributed by atoms with Crippen LogP contribution in [0.4, 0.5) is 0 Å². The van der Waals surface area contributed by atoms with E-state index in [1.807, 2.05) is 54.0 Å². The van der Waals surface area contributed by atoms with Crippen LogP contribution < -0.4 is 0 Å². The van der Waals surface area contributed by atoms with Crippen LogP contribution in [0.2, 0.25) is 0 Å². The summed E-state index contributed by atoms with van der Waals surface area (Å²) in [5.41, 5.74) is 4.37. The summed E-state index contributed by atoms with van der Waals surface area (Å²) in [5, 5.41) is 9.32. The topological polar surface area (TPSA) is 75.4 Å². The van der Waals surface area contributed by atoms with Crippen molar-refractivity contribution >= 4 is 11.8 Å². The highest BCUT2D eigenvalue weighted by Crippen LogP contribution is 2.33. The Balaban J connectivity index is 1.93. The maximum Gasteiger partial charge on any atom is 0.279 e. The number of aliphatic hydroxyl groups excluding tert-OH is 1. The Hall–Kier alpha value is -3.25. The zero-order valence-electron chi connectivity index (χ0n) is 19.5. The molecule has 0 saturated carbocycles. The Bertz CT molecular complexity index is 1150. The number of imide groups is 1.